The van der Waals surface area contributed by atoms with Crippen molar-refractivity contribution in [1.29, 1.82) is 0 Å². The number of carbonyl (C=O) groups is 1. The largest absolute Gasteiger partial charge is 0.445 e. The molecule has 0 saturated carbocycles. The summed E-state index contributed by atoms with van der Waals surface area (Å²) in [4.78, 5) is 43.4. The Labute approximate surface area is 200 Å². The predicted octanol–water partition coefficient (Wildman–Crippen LogP) is 0.229. The molecule has 2 aromatic heterocycles. The molecule has 4 rings (SSSR count). The van der Waals surface area contributed by atoms with Crippen molar-refractivity contribution in [2.24, 2.45) is 4.99 Å². The molecule has 1 fully saturated rings. The van der Waals surface area contributed by atoms with E-state index in [9.17, 15) is 19.8 Å². The van der Waals surface area contributed by atoms with Gasteiger partial charge in [-0.15, -0.1) is 0 Å². The fourth-order valence-electron chi connectivity index (χ4n) is 3.81. The van der Waals surface area contributed by atoms with Gasteiger partial charge in [0.05, 0.1) is 19.3 Å². The summed E-state index contributed by atoms with van der Waals surface area (Å²) in [6, 6.07) is 8.20. The number of aliphatic hydroxyl groups excluding tert-OH is 2. The number of carbonyl (C=O) groups excluding carboxylic acids is 1. The average Bonchev–Trinajstić information content (AvgIpc) is 3.42. The van der Waals surface area contributed by atoms with Gasteiger partial charge in [-0.05, 0) is 5.56 Å². The van der Waals surface area contributed by atoms with Crippen molar-refractivity contribution in [2.45, 2.75) is 31.1 Å². The maximum Gasteiger partial charge on any atom is 0.410 e. The Morgan fingerprint density at radius 1 is 1.31 bits per heavy atom. The lowest BCUT2D eigenvalue weighted by Gasteiger charge is -2.30. The van der Waals surface area contributed by atoms with E-state index < -0.39 is 42.7 Å². The Balaban J connectivity index is 1.65. The minimum atomic E-state index is -1.25. The fraction of sp³-hybridized carbons (Fsp3) is 0.409. The third-order valence-electron chi connectivity index (χ3n) is 5.56. The Morgan fingerprint density at radius 2 is 2.06 bits per heavy atom. The summed E-state index contributed by atoms with van der Waals surface area (Å²) in [6.45, 7) is -0.444. The molecular formula is C22H27N7O6. The molecular weight excluding hydrogens is 458 g/mol. The van der Waals surface area contributed by atoms with Crippen molar-refractivity contribution in [3.8, 4) is 0 Å². The van der Waals surface area contributed by atoms with E-state index in [0.29, 0.717) is 0 Å². The van der Waals surface area contributed by atoms with Crippen LogP contribution in [0, 0.1) is 0 Å². The van der Waals surface area contributed by atoms with Crippen LogP contribution in [0.2, 0.25) is 0 Å². The van der Waals surface area contributed by atoms with Gasteiger partial charge in [-0.2, -0.15) is 4.98 Å². The van der Waals surface area contributed by atoms with Crippen LogP contribution in [0.5, 0.6) is 0 Å². The lowest BCUT2D eigenvalue weighted by atomic mass is 10.1. The number of rotatable bonds is 7. The quantitative estimate of drug-likeness (QED) is 0.315. The highest BCUT2D eigenvalue weighted by atomic mass is 16.6. The lowest BCUT2D eigenvalue weighted by molar-refractivity contribution is -0.0462. The highest BCUT2D eigenvalue weighted by Crippen LogP contribution is 2.34. The van der Waals surface area contributed by atoms with Crippen molar-refractivity contribution in [2.75, 3.05) is 27.7 Å². The molecule has 0 radical (unpaired) electrons. The molecule has 13 heteroatoms. The number of aromatic amines is 1. The Morgan fingerprint density at radius 3 is 2.74 bits per heavy atom. The SMILES string of the molecule is CN(C)/C=N/c1nc2c(ncn2[C@@H]2O[C@H](CO)[C@@H](O)[C@H]2N(C)C(=O)OCc2ccccc2)c(=O)[nH]1. The molecule has 0 spiro atoms. The number of likely N-dealkylation sites (N-methyl/N-ethyl adjacent to an activating group) is 1. The summed E-state index contributed by atoms with van der Waals surface area (Å²) in [6.07, 6.45) is -1.13. The van der Waals surface area contributed by atoms with Gasteiger partial charge < -0.3 is 29.5 Å². The van der Waals surface area contributed by atoms with E-state index in [4.69, 9.17) is 9.47 Å². The zero-order valence-corrected chi connectivity index (χ0v) is 19.5. The summed E-state index contributed by atoms with van der Waals surface area (Å²) in [5.74, 6) is 0.0439. The van der Waals surface area contributed by atoms with E-state index in [0.717, 1.165) is 5.56 Å². The van der Waals surface area contributed by atoms with Gasteiger partial charge >= 0.3 is 6.09 Å². The van der Waals surface area contributed by atoms with E-state index >= 15 is 0 Å². The number of ether oxygens (including phenoxy) is 2. The van der Waals surface area contributed by atoms with E-state index in [1.165, 1.54) is 29.2 Å². The van der Waals surface area contributed by atoms with Gasteiger partial charge in [0.2, 0.25) is 5.95 Å². The molecule has 1 aromatic carbocycles. The van der Waals surface area contributed by atoms with Gasteiger partial charge in [-0.25, -0.2) is 14.8 Å². The number of aliphatic imine (C=N–C) groups is 1. The molecule has 35 heavy (non-hydrogen) atoms. The first-order valence-corrected chi connectivity index (χ1v) is 10.9. The smallest absolute Gasteiger partial charge is 0.410 e. The van der Waals surface area contributed by atoms with Crippen LogP contribution in [-0.4, -0.2) is 98.0 Å². The van der Waals surface area contributed by atoms with Crippen LogP contribution in [0.1, 0.15) is 11.8 Å². The predicted molar refractivity (Wildman–Crippen MR) is 125 cm³/mol. The zero-order valence-electron chi connectivity index (χ0n) is 19.5. The minimum absolute atomic E-state index is 0.0346. The van der Waals surface area contributed by atoms with Crippen molar-refractivity contribution < 1.29 is 24.5 Å². The topological polar surface area (TPSA) is 158 Å². The van der Waals surface area contributed by atoms with E-state index in [2.05, 4.69) is 19.9 Å². The first-order chi connectivity index (χ1) is 16.8. The number of hydrogen-bond donors (Lipinski definition) is 3. The third kappa shape index (κ3) is 5.01. The molecule has 3 N–H and O–H groups in total. The minimum Gasteiger partial charge on any atom is -0.445 e. The summed E-state index contributed by atoms with van der Waals surface area (Å²) in [5, 5.41) is 20.6. The number of imidazole rings is 1. The number of aliphatic hydroxyl groups is 2. The third-order valence-corrected chi connectivity index (χ3v) is 5.56. The normalized spacial score (nSPS) is 22.1. The maximum atomic E-state index is 12.8. The zero-order chi connectivity index (χ0) is 25.1. The highest BCUT2D eigenvalue weighted by molar-refractivity contribution is 5.72. The number of H-pyrrole nitrogens is 1. The first kappa shape index (κ1) is 24.3. The number of fused-ring (bicyclic) bond motifs is 1. The first-order valence-electron chi connectivity index (χ1n) is 10.9. The van der Waals surface area contributed by atoms with Crippen LogP contribution in [0.3, 0.4) is 0 Å². The van der Waals surface area contributed by atoms with Gasteiger partial charge in [-0.3, -0.25) is 14.3 Å². The number of aromatic nitrogens is 4. The van der Waals surface area contributed by atoms with Gasteiger partial charge in [0, 0.05) is 21.1 Å². The molecule has 1 amide bonds. The summed E-state index contributed by atoms with van der Waals surface area (Å²) in [7, 11) is 5.00. The summed E-state index contributed by atoms with van der Waals surface area (Å²) in [5.41, 5.74) is 0.472. The second kappa shape index (κ2) is 10.2. The standard InChI is InChI=1S/C22H27N7O6/c1-27(2)11-24-21-25-18-15(19(32)26-21)23-12-29(18)20-16(17(31)14(9-30)35-20)28(3)22(33)34-10-13-7-5-4-6-8-13/h4-8,11-12,14,16-17,20,30-31H,9-10H2,1-3H3,(H,25,26,32)/b24-11+/t14-,16-,17-,20-/m1/s1. The van der Waals surface area contributed by atoms with Crippen molar-refractivity contribution in [3.63, 3.8) is 0 Å². The number of nitrogens with one attached hydrogen (secondary N) is 1. The second-order valence-electron chi connectivity index (χ2n) is 8.30. The fourth-order valence-corrected chi connectivity index (χ4v) is 3.81. The van der Waals surface area contributed by atoms with Gasteiger partial charge in [0.25, 0.3) is 5.56 Å². The molecule has 4 atom stereocenters. The average molecular weight is 486 g/mol. The molecule has 1 aliphatic rings. The number of nitrogens with zero attached hydrogens (tertiary/aromatic N) is 6. The van der Waals surface area contributed by atoms with Crippen LogP contribution in [0.15, 0.2) is 46.4 Å². The van der Waals surface area contributed by atoms with Crippen molar-refractivity contribution in [1.82, 2.24) is 29.3 Å². The molecule has 3 aromatic rings. The molecule has 1 aliphatic heterocycles. The maximum absolute atomic E-state index is 12.8. The number of amides is 1. The van der Waals surface area contributed by atoms with Gasteiger partial charge in [0.15, 0.2) is 17.4 Å². The Kier molecular flexibility index (Phi) is 7.10. The summed E-state index contributed by atoms with van der Waals surface area (Å²) >= 11 is 0. The van der Waals surface area contributed by atoms with Crippen LogP contribution in [0.25, 0.3) is 11.2 Å². The molecule has 13 nitrogen and oxygen atoms in total. The monoisotopic (exact) mass is 485 g/mol. The molecule has 0 unspecified atom stereocenters. The van der Waals surface area contributed by atoms with E-state index in [-0.39, 0.29) is 23.7 Å². The summed E-state index contributed by atoms with van der Waals surface area (Å²) < 4.78 is 12.7. The van der Waals surface area contributed by atoms with Gasteiger partial charge in [-0.1, -0.05) is 30.3 Å². The molecule has 186 valence electrons. The van der Waals surface area contributed by atoms with Crippen LogP contribution in [0.4, 0.5) is 10.7 Å². The number of hydrogen-bond acceptors (Lipinski definition) is 9. The van der Waals surface area contributed by atoms with Crippen LogP contribution in [-0.2, 0) is 16.1 Å². The van der Waals surface area contributed by atoms with E-state index in [1.807, 2.05) is 30.3 Å². The van der Waals surface area contributed by atoms with E-state index in [1.54, 1.807) is 19.0 Å². The van der Waals surface area contributed by atoms with Crippen molar-refractivity contribution in [3.05, 3.63) is 52.6 Å². The Bertz CT molecular complexity index is 1260. The molecule has 0 aliphatic carbocycles. The number of benzene rings is 1. The molecule has 1 saturated heterocycles. The van der Waals surface area contributed by atoms with Crippen LogP contribution >= 0.6 is 0 Å². The van der Waals surface area contributed by atoms with Crippen LogP contribution < -0.4 is 5.56 Å². The van der Waals surface area contributed by atoms with Crippen molar-refractivity contribution >= 4 is 29.5 Å². The molecule has 0 bridgehead atoms. The molecule has 3 heterocycles. The second-order valence-corrected chi connectivity index (χ2v) is 8.30. The highest BCUT2D eigenvalue weighted by Gasteiger charge is 2.48. The van der Waals surface area contributed by atoms with Gasteiger partial charge in [0.1, 0.15) is 24.9 Å². The lowest BCUT2D eigenvalue weighted by Crippen LogP contribution is -2.48. The Hall–Kier alpha value is -3.81.